The summed E-state index contributed by atoms with van der Waals surface area (Å²) in [5, 5.41) is 26.2. The molecule has 1 saturated carbocycles. The third-order valence-electron chi connectivity index (χ3n) is 7.72. The topological polar surface area (TPSA) is 284 Å². The third kappa shape index (κ3) is 12.4. The smallest absolute Gasteiger partial charge is 0.350 e. The number of carbonyl (C=O) groups excluding carboxylic acids is 3. The number of nitrogens with one attached hydrogen (secondary N) is 1. The molecule has 0 amide bonds. The molecule has 2 heterocycles. The molecule has 0 radical (unpaired) electrons. The Morgan fingerprint density at radius 1 is 1.09 bits per heavy atom. The van der Waals surface area contributed by atoms with Gasteiger partial charge in [0, 0.05) is 44.2 Å². The molecule has 0 atom stereocenters. The Morgan fingerprint density at radius 3 is 2.29 bits per heavy atom. The molecule has 0 unspecified atom stereocenters. The minimum atomic E-state index is -4.10. The van der Waals surface area contributed by atoms with Crippen LogP contribution in [0.5, 0.6) is 5.75 Å². The maximum Gasteiger partial charge on any atom is 0.350 e. The number of ketones is 3. The number of sulfone groups is 1. The van der Waals surface area contributed by atoms with Crippen molar-refractivity contribution in [2.24, 2.45) is 5.92 Å². The van der Waals surface area contributed by atoms with E-state index in [1.165, 1.54) is 10.7 Å². The zero-order valence-corrected chi connectivity index (χ0v) is 32.1. The van der Waals surface area contributed by atoms with Gasteiger partial charge in [-0.3, -0.25) is 43.7 Å². The van der Waals surface area contributed by atoms with Crippen LogP contribution in [0.1, 0.15) is 48.3 Å². The molecule has 5 rings (SSSR count). The van der Waals surface area contributed by atoms with Gasteiger partial charge < -0.3 is 19.6 Å². The first-order valence-corrected chi connectivity index (χ1v) is 20.4. The maximum absolute atomic E-state index is 12.5. The average molecular weight is 847 g/mol. The molecule has 296 valence electrons. The molecule has 1 aromatic heterocycles. The predicted molar refractivity (Wildman–Crippen MR) is 196 cm³/mol. The molecule has 1 aliphatic carbocycles. The number of fused-ring (bicyclic) bond motifs is 1. The van der Waals surface area contributed by atoms with E-state index >= 15 is 0 Å². The van der Waals surface area contributed by atoms with Crippen LogP contribution in [0.4, 0.5) is 5.69 Å². The Kier molecular flexibility index (Phi) is 15.6. The number of nitro groups is 1. The Bertz CT molecular complexity index is 2250. The number of carbonyl (C=O) groups is 4. The van der Waals surface area contributed by atoms with Crippen LogP contribution in [0.25, 0.3) is 5.69 Å². The first-order valence-electron chi connectivity index (χ1n) is 16.0. The second-order valence-electron chi connectivity index (χ2n) is 11.9. The number of benzene rings is 2. The highest BCUT2D eigenvalue weighted by Gasteiger charge is 2.39. The van der Waals surface area contributed by atoms with E-state index in [0.29, 0.717) is 34.4 Å². The summed E-state index contributed by atoms with van der Waals surface area (Å²) in [7, 11) is -7.79. The van der Waals surface area contributed by atoms with Crippen LogP contribution in [0, 0.1) is 28.4 Å². The number of Topliss-reactive ketones (excluding diaryl/α,β-unsaturated/α-hetero) is 3. The Morgan fingerprint density at radius 2 is 1.75 bits per heavy atom. The van der Waals surface area contributed by atoms with Gasteiger partial charge in [0.05, 0.1) is 43.9 Å². The zero-order valence-electron chi connectivity index (χ0n) is 28.8. The summed E-state index contributed by atoms with van der Waals surface area (Å²) in [4.78, 5) is 84.6. The predicted octanol–water partition coefficient (Wildman–Crippen LogP) is 2.60. The number of terminal acetylenes is 1. The summed E-state index contributed by atoms with van der Waals surface area (Å²) >= 11 is 12.3. The molecule has 0 saturated heterocycles. The Hall–Kier alpha value is -4.74. The van der Waals surface area contributed by atoms with Crippen LogP contribution in [0.2, 0.25) is 10.0 Å². The fourth-order valence-electron chi connectivity index (χ4n) is 5.23. The van der Waals surface area contributed by atoms with Gasteiger partial charge in [0.2, 0.25) is 0 Å². The van der Waals surface area contributed by atoms with Crippen molar-refractivity contribution < 1.29 is 56.7 Å². The molecule has 2 aliphatic rings. The molecule has 0 spiro atoms. The van der Waals surface area contributed by atoms with Gasteiger partial charge in [-0.05, 0) is 37.5 Å². The van der Waals surface area contributed by atoms with E-state index in [-0.39, 0.29) is 30.0 Å². The van der Waals surface area contributed by atoms with Crippen molar-refractivity contribution in [3.8, 4) is 23.8 Å². The van der Waals surface area contributed by atoms with Gasteiger partial charge >= 0.3 is 19.3 Å². The molecule has 1 fully saturated rings. The van der Waals surface area contributed by atoms with E-state index in [0.717, 1.165) is 49.5 Å². The summed E-state index contributed by atoms with van der Waals surface area (Å²) in [6.45, 7) is 0.320. The molecule has 4 N–H and O–H groups in total. The van der Waals surface area contributed by atoms with Crippen molar-refractivity contribution in [1.82, 2.24) is 19.7 Å². The first-order chi connectivity index (χ1) is 25.7. The molecule has 1 aliphatic heterocycles. The molecule has 2 aromatic carbocycles. The zero-order chi connectivity index (χ0) is 41.2. The minimum Gasteiger partial charge on any atom is -0.480 e. The van der Waals surface area contributed by atoms with E-state index < -0.39 is 75.7 Å². The Balaban J connectivity index is 0.000000239. The molecule has 23 heteroatoms. The second-order valence-corrected chi connectivity index (χ2v) is 16.4. The lowest BCUT2D eigenvalue weighted by Gasteiger charge is -2.18. The normalized spacial score (nSPS) is 14.3. The number of halogens is 2. The number of hydrogen-bond acceptors (Lipinski definition) is 13. The summed E-state index contributed by atoms with van der Waals surface area (Å²) in [5.74, 6) is -1.25. The molecular formula is C32H34Cl2N5O14PS. The third-order valence-corrected chi connectivity index (χ3v) is 10.1. The maximum atomic E-state index is 12.5. The number of carboxylic acid groups (broad SMARTS) is 1. The van der Waals surface area contributed by atoms with Gasteiger partial charge in [0.25, 0.3) is 5.69 Å². The minimum absolute atomic E-state index is 0.0668. The van der Waals surface area contributed by atoms with Gasteiger partial charge in [-0.15, -0.1) is 11.5 Å². The summed E-state index contributed by atoms with van der Waals surface area (Å²) in [5.41, 5.74) is -0.938. The monoisotopic (exact) mass is 845 g/mol. The summed E-state index contributed by atoms with van der Waals surface area (Å²) < 4.78 is 41.3. The van der Waals surface area contributed by atoms with E-state index in [1.54, 1.807) is 10.6 Å². The van der Waals surface area contributed by atoms with Crippen molar-refractivity contribution in [3.63, 3.8) is 0 Å². The number of nitro benzene ring substituents is 1. The number of nitrogens with zero attached hydrogens (tertiary/aromatic N) is 4. The summed E-state index contributed by atoms with van der Waals surface area (Å²) in [6.07, 6.45) is 8.74. The van der Waals surface area contributed by atoms with Crippen LogP contribution in [-0.2, 0) is 41.8 Å². The fraction of sp³-hybridized carbons (Fsp3) is 0.375. The number of rotatable bonds is 11. The van der Waals surface area contributed by atoms with E-state index in [4.69, 9.17) is 49.3 Å². The molecular weight excluding hydrogens is 812 g/mol. The highest BCUT2D eigenvalue weighted by atomic mass is 35.5. The van der Waals surface area contributed by atoms with Crippen LogP contribution >= 0.6 is 30.8 Å². The van der Waals surface area contributed by atoms with Crippen LogP contribution in [0.3, 0.4) is 0 Å². The number of ether oxygens (including phenoxy) is 1. The number of aromatic nitrogens is 3. The van der Waals surface area contributed by atoms with Gasteiger partial charge in [-0.2, -0.15) is 4.68 Å². The van der Waals surface area contributed by atoms with Gasteiger partial charge in [-0.1, -0.05) is 29.1 Å². The number of hydrogen-bond donors (Lipinski definition) is 4. The van der Waals surface area contributed by atoms with Crippen LogP contribution < -0.4 is 15.7 Å². The fourth-order valence-corrected chi connectivity index (χ4v) is 6.79. The van der Waals surface area contributed by atoms with E-state index in [1.807, 2.05) is 0 Å². The average Bonchev–Trinajstić information content (AvgIpc) is 3.42. The standard InChI is InChI=1S/C15H13Cl2N3O2.C14H13NO7S.C3H8NO5P/c1-2-7-22-13-9-12(10(16)8-11(13)17)20-15(21)19-6-4-3-5-14(19)18-20;1-23(21,22)8-5-6-9(10(7-8)15(19)20)14(18)13-11(16)3-2-4-12(13)17;5-3(6)1-4-2-10(7,8)9/h1,8-9H,3-7H2;5-7,13H,2-4H2,1H3;4H,1-2H2,(H,5,6)(H2,7,8,9). The van der Waals surface area contributed by atoms with Crippen molar-refractivity contribution in [2.45, 2.75) is 50.0 Å². The Labute approximate surface area is 322 Å². The highest BCUT2D eigenvalue weighted by molar-refractivity contribution is 7.90. The van der Waals surface area contributed by atoms with Gasteiger partial charge in [0.15, 0.2) is 27.2 Å². The van der Waals surface area contributed by atoms with E-state index in [9.17, 15) is 47.1 Å². The summed E-state index contributed by atoms with van der Waals surface area (Å²) in [6, 6.07) is 5.90. The van der Waals surface area contributed by atoms with Crippen molar-refractivity contribution in [2.75, 3.05) is 25.7 Å². The van der Waals surface area contributed by atoms with Crippen molar-refractivity contribution in [3.05, 3.63) is 72.4 Å². The molecule has 0 bridgehead atoms. The molecule has 3 aromatic rings. The number of aliphatic carboxylic acids is 1. The first kappa shape index (κ1) is 44.7. The van der Waals surface area contributed by atoms with E-state index in [2.05, 4.69) is 16.3 Å². The lowest BCUT2D eigenvalue weighted by Crippen LogP contribution is -2.35. The van der Waals surface area contributed by atoms with Crippen molar-refractivity contribution in [1.29, 1.82) is 0 Å². The van der Waals surface area contributed by atoms with Crippen molar-refractivity contribution >= 4 is 69.6 Å². The van der Waals surface area contributed by atoms with Crippen LogP contribution in [0.15, 0.2) is 40.0 Å². The van der Waals surface area contributed by atoms with Gasteiger partial charge in [-0.25, -0.2) is 13.2 Å². The van der Waals surface area contributed by atoms with Gasteiger partial charge in [0.1, 0.15) is 24.1 Å². The SMILES string of the molecule is C#CCOc1cc(-n2nc3n(c2=O)CCCC3)c(Cl)cc1Cl.CS(=O)(=O)c1ccc(C(=O)C2C(=O)CCCC2=O)c([N+](=O)[O-])c1.O=C(O)CNCP(=O)(O)O. The second kappa shape index (κ2) is 19.2. The number of aryl methyl sites for hydroxylation is 1. The highest BCUT2D eigenvalue weighted by Crippen LogP contribution is 2.33. The van der Waals surface area contributed by atoms with Crippen LogP contribution in [-0.4, -0.2) is 91.6 Å². The largest absolute Gasteiger partial charge is 0.480 e. The molecule has 19 nitrogen and oxygen atoms in total. The lowest BCUT2D eigenvalue weighted by molar-refractivity contribution is -0.385. The number of carboxylic acids is 1. The lowest BCUT2D eigenvalue weighted by atomic mass is 9.81. The quantitative estimate of drug-likeness (QED) is 0.0539. The molecule has 55 heavy (non-hydrogen) atoms.